The van der Waals surface area contributed by atoms with Gasteiger partial charge < -0.3 is 5.11 Å². The summed E-state index contributed by atoms with van der Waals surface area (Å²) >= 11 is 0. The fourth-order valence-corrected chi connectivity index (χ4v) is 1.85. The molecule has 0 spiro atoms. The van der Waals surface area contributed by atoms with Gasteiger partial charge in [0.05, 0.1) is 6.10 Å². The molecule has 1 nitrogen and oxygen atoms in total. The Bertz CT molecular complexity index is 302. The highest BCUT2D eigenvalue weighted by Crippen LogP contribution is 2.24. The molecule has 0 aromatic heterocycles. The Kier molecular flexibility index (Phi) is 3.70. The summed E-state index contributed by atoms with van der Waals surface area (Å²) in [5.74, 6) is 0.272. The fourth-order valence-electron chi connectivity index (χ4n) is 1.85. The van der Waals surface area contributed by atoms with Crippen molar-refractivity contribution < 1.29 is 5.11 Å². The second-order valence-electron chi connectivity index (χ2n) is 4.10. The first kappa shape index (κ1) is 11.3. The molecule has 1 heteroatoms. The second kappa shape index (κ2) is 4.61. The maximum atomic E-state index is 9.63. The van der Waals surface area contributed by atoms with Gasteiger partial charge in [-0.2, -0.15) is 0 Å². The quantitative estimate of drug-likeness (QED) is 0.780. The molecule has 2 unspecified atom stereocenters. The molecule has 0 radical (unpaired) electrons. The van der Waals surface area contributed by atoms with E-state index < -0.39 is 0 Å². The molecule has 0 aliphatic carbocycles. The zero-order chi connectivity index (χ0) is 10.7. The van der Waals surface area contributed by atoms with Crippen molar-refractivity contribution in [2.45, 2.75) is 46.1 Å². The molecule has 1 aromatic carbocycles. The van der Waals surface area contributed by atoms with Crippen LogP contribution in [0, 0.1) is 13.8 Å². The van der Waals surface area contributed by atoms with Crippen molar-refractivity contribution in [2.75, 3.05) is 0 Å². The van der Waals surface area contributed by atoms with Gasteiger partial charge in [0.25, 0.3) is 0 Å². The van der Waals surface area contributed by atoms with Crippen molar-refractivity contribution in [3.8, 4) is 0 Å². The minimum Gasteiger partial charge on any atom is -0.393 e. The molecular weight excluding hydrogens is 172 g/mol. The van der Waals surface area contributed by atoms with E-state index in [1.54, 1.807) is 0 Å². The Hall–Kier alpha value is -0.820. The lowest BCUT2D eigenvalue weighted by atomic mass is 9.90. The maximum Gasteiger partial charge on any atom is 0.0580 e. The van der Waals surface area contributed by atoms with Crippen LogP contribution in [0.5, 0.6) is 0 Å². The molecule has 0 heterocycles. The van der Waals surface area contributed by atoms with Crippen molar-refractivity contribution in [2.24, 2.45) is 0 Å². The van der Waals surface area contributed by atoms with Crippen LogP contribution in [0.25, 0.3) is 0 Å². The highest BCUT2D eigenvalue weighted by Gasteiger charge is 2.15. The van der Waals surface area contributed by atoms with Crippen LogP contribution >= 0.6 is 0 Å². The summed E-state index contributed by atoms with van der Waals surface area (Å²) in [4.78, 5) is 0. The normalized spacial score (nSPS) is 15.2. The van der Waals surface area contributed by atoms with Gasteiger partial charge in [0, 0.05) is 5.92 Å². The van der Waals surface area contributed by atoms with Crippen molar-refractivity contribution in [3.63, 3.8) is 0 Å². The average molecular weight is 192 g/mol. The van der Waals surface area contributed by atoms with E-state index in [1.165, 1.54) is 16.7 Å². The molecule has 2 atom stereocenters. The van der Waals surface area contributed by atoms with Gasteiger partial charge in [-0.05, 0) is 43.9 Å². The number of rotatable bonds is 3. The molecule has 78 valence electrons. The van der Waals surface area contributed by atoms with E-state index in [1.807, 2.05) is 6.92 Å². The Morgan fingerprint density at radius 3 is 2.29 bits per heavy atom. The predicted molar refractivity (Wildman–Crippen MR) is 60.6 cm³/mol. The molecule has 0 aliphatic rings. The van der Waals surface area contributed by atoms with Crippen molar-refractivity contribution in [1.82, 2.24) is 0 Å². The first-order valence-electron chi connectivity index (χ1n) is 5.31. The second-order valence-corrected chi connectivity index (χ2v) is 4.10. The van der Waals surface area contributed by atoms with E-state index in [9.17, 15) is 5.11 Å². The first-order valence-corrected chi connectivity index (χ1v) is 5.31. The van der Waals surface area contributed by atoms with Gasteiger partial charge in [-0.15, -0.1) is 0 Å². The number of aliphatic hydroxyl groups excluding tert-OH is 1. The van der Waals surface area contributed by atoms with Gasteiger partial charge in [-0.1, -0.05) is 25.1 Å². The average Bonchev–Trinajstić information content (AvgIpc) is 2.11. The van der Waals surface area contributed by atoms with Crippen LogP contribution in [0.15, 0.2) is 18.2 Å². The first-order chi connectivity index (χ1) is 6.56. The van der Waals surface area contributed by atoms with E-state index in [0.717, 1.165) is 6.42 Å². The molecule has 0 fully saturated rings. The van der Waals surface area contributed by atoms with Crippen LogP contribution < -0.4 is 0 Å². The zero-order valence-corrected chi connectivity index (χ0v) is 9.54. The molecular formula is C13H20O. The van der Waals surface area contributed by atoms with Crippen LogP contribution in [-0.2, 0) is 0 Å². The summed E-state index contributed by atoms with van der Waals surface area (Å²) in [7, 11) is 0. The smallest absolute Gasteiger partial charge is 0.0580 e. The lowest BCUT2D eigenvalue weighted by Crippen LogP contribution is -2.13. The minimum absolute atomic E-state index is 0.262. The standard InChI is InChI=1S/C13H20O/c1-5-13(11(4)14)12-7-6-9(2)10(3)8-12/h6-8,11,13-14H,5H2,1-4H3. The molecule has 0 bridgehead atoms. The molecule has 0 saturated carbocycles. The lowest BCUT2D eigenvalue weighted by molar-refractivity contribution is 0.160. The van der Waals surface area contributed by atoms with Crippen LogP contribution in [0.3, 0.4) is 0 Å². The maximum absolute atomic E-state index is 9.63. The summed E-state index contributed by atoms with van der Waals surface area (Å²) in [5, 5.41) is 9.63. The fraction of sp³-hybridized carbons (Fsp3) is 0.538. The number of hydrogen-bond donors (Lipinski definition) is 1. The molecule has 0 aliphatic heterocycles. The zero-order valence-electron chi connectivity index (χ0n) is 9.54. The van der Waals surface area contributed by atoms with Gasteiger partial charge in [0.1, 0.15) is 0 Å². The van der Waals surface area contributed by atoms with Gasteiger partial charge in [0.2, 0.25) is 0 Å². The number of aryl methyl sites for hydroxylation is 2. The Morgan fingerprint density at radius 1 is 1.21 bits per heavy atom. The van der Waals surface area contributed by atoms with E-state index in [4.69, 9.17) is 0 Å². The monoisotopic (exact) mass is 192 g/mol. The van der Waals surface area contributed by atoms with Crippen LogP contribution in [0.2, 0.25) is 0 Å². The molecule has 0 amide bonds. The van der Waals surface area contributed by atoms with E-state index in [0.29, 0.717) is 0 Å². The molecule has 1 aromatic rings. The van der Waals surface area contributed by atoms with Crippen LogP contribution in [0.1, 0.15) is 42.9 Å². The molecule has 0 saturated heterocycles. The van der Waals surface area contributed by atoms with Crippen molar-refractivity contribution in [3.05, 3.63) is 34.9 Å². The topological polar surface area (TPSA) is 20.2 Å². The highest BCUT2D eigenvalue weighted by atomic mass is 16.3. The summed E-state index contributed by atoms with van der Waals surface area (Å²) in [5.41, 5.74) is 3.88. The molecule has 14 heavy (non-hydrogen) atoms. The third-order valence-corrected chi connectivity index (χ3v) is 2.98. The van der Waals surface area contributed by atoms with Gasteiger partial charge in [-0.3, -0.25) is 0 Å². The van der Waals surface area contributed by atoms with Crippen LogP contribution in [-0.4, -0.2) is 11.2 Å². The number of hydrogen-bond acceptors (Lipinski definition) is 1. The number of benzene rings is 1. The van der Waals surface area contributed by atoms with Crippen molar-refractivity contribution >= 4 is 0 Å². The third-order valence-electron chi connectivity index (χ3n) is 2.98. The molecule has 1 rings (SSSR count). The SMILES string of the molecule is CCC(c1ccc(C)c(C)c1)C(C)O. The van der Waals surface area contributed by atoms with E-state index in [2.05, 4.69) is 39.0 Å². The van der Waals surface area contributed by atoms with Crippen molar-refractivity contribution in [1.29, 1.82) is 0 Å². The Balaban J connectivity index is 3.00. The lowest BCUT2D eigenvalue weighted by Gasteiger charge is -2.19. The number of aliphatic hydroxyl groups is 1. The summed E-state index contributed by atoms with van der Waals surface area (Å²) in [6.07, 6.45) is 0.724. The van der Waals surface area contributed by atoms with E-state index in [-0.39, 0.29) is 12.0 Å². The van der Waals surface area contributed by atoms with Crippen LogP contribution in [0.4, 0.5) is 0 Å². The Labute approximate surface area is 86.8 Å². The van der Waals surface area contributed by atoms with E-state index >= 15 is 0 Å². The minimum atomic E-state index is -0.262. The summed E-state index contributed by atoms with van der Waals surface area (Å²) in [6, 6.07) is 6.45. The predicted octanol–water partition coefficient (Wildman–Crippen LogP) is 3.18. The third kappa shape index (κ3) is 2.36. The highest BCUT2D eigenvalue weighted by molar-refractivity contribution is 5.32. The van der Waals surface area contributed by atoms with Gasteiger partial charge in [0.15, 0.2) is 0 Å². The van der Waals surface area contributed by atoms with Gasteiger partial charge >= 0.3 is 0 Å². The van der Waals surface area contributed by atoms with Gasteiger partial charge in [-0.25, -0.2) is 0 Å². The Morgan fingerprint density at radius 2 is 1.86 bits per heavy atom. The molecule has 1 N–H and O–H groups in total. The summed E-state index contributed by atoms with van der Waals surface area (Å²) < 4.78 is 0. The largest absolute Gasteiger partial charge is 0.393 e. The summed E-state index contributed by atoms with van der Waals surface area (Å²) in [6.45, 7) is 8.21.